The number of carbonyl (C=O) groups excluding carboxylic acids is 1. The number of hydrogen-bond donors (Lipinski definition) is 1. The van der Waals surface area contributed by atoms with Gasteiger partial charge in [-0.25, -0.2) is 0 Å². The highest BCUT2D eigenvalue weighted by molar-refractivity contribution is 6.01. The zero-order valence-electron chi connectivity index (χ0n) is 14.5. The molecule has 6 nitrogen and oxygen atoms in total. The minimum Gasteiger partial charge on any atom is -0.392 e. The predicted octanol–water partition coefficient (Wildman–Crippen LogP) is 2.28. The van der Waals surface area contributed by atoms with Gasteiger partial charge in [-0.15, -0.1) is 0 Å². The van der Waals surface area contributed by atoms with Crippen LogP contribution in [-0.4, -0.2) is 44.1 Å². The number of carbonyl (C=O) groups is 1. The van der Waals surface area contributed by atoms with E-state index in [1.165, 1.54) is 0 Å². The molecule has 2 aliphatic heterocycles. The first kappa shape index (κ1) is 17.9. The summed E-state index contributed by atoms with van der Waals surface area (Å²) in [6.07, 6.45) is 2.83. The fourth-order valence-corrected chi connectivity index (χ4v) is 2.97. The van der Waals surface area contributed by atoms with E-state index in [1.807, 2.05) is 30.3 Å². The molecule has 1 fully saturated rings. The minimum atomic E-state index is 0.00947. The lowest BCUT2D eigenvalue weighted by Gasteiger charge is -2.10. The van der Waals surface area contributed by atoms with Gasteiger partial charge >= 0.3 is 0 Å². The van der Waals surface area contributed by atoms with Crippen LogP contribution in [0.3, 0.4) is 0 Å². The molecule has 2 heterocycles. The first-order valence-electron chi connectivity index (χ1n) is 8.97. The summed E-state index contributed by atoms with van der Waals surface area (Å²) in [5.74, 6) is 0.454. The molecule has 0 aromatic heterocycles. The van der Waals surface area contributed by atoms with Crippen molar-refractivity contribution >= 4 is 11.6 Å². The zero-order valence-corrected chi connectivity index (χ0v) is 14.5. The number of oxime groups is 1. The smallest absolute Gasteiger partial charge is 0.225 e. The van der Waals surface area contributed by atoms with Gasteiger partial charge in [0.1, 0.15) is 6.10 Å². The van der Waals surface area contributed by atoms with Crippen molar-refractivity contribution in [2.45, 2.75) is 38.4 Å². The van der Waals surface area contributed by atoms with Crippen molar-refractivity contribution in [3.8, 4) is 0 Å². The monoisotopic (exact) mass is 346 g/mol. The highest BCUT2D eigenvalue weighted by Crippen LogP contribution is 2.16. The second kappa shape index (κ2) is 9.53. The fraction of sp³-hybridized carbons (Fsp3) is 0.579. The van der Waals surface area contributed by atoms with E-state index in [0.717, 1.165) is 37.3 Å². The maximum Gasteiger partial charge on any atom is 0.225 e. The van der Waals surface area contributed by atoms with Crippen LogP contribution in [0.15, 0.2) is 35.5 Å². The van der Waals surface area contributed by atoms with Crippen molar-refractivity contribution in [1.82, 2.24) is 5.32 Å². The van der Waals surface area contributed by atoms with Crippen molar-refractivity contribution in [3.63, 3.8) is 0 Å². The highest BCUT2D eigenvalue weighted by Gasteiger charge is 2.23. The SMILES string of the molecule is O=C(CC1=NOC(CCOCc2ccccc2)C1)NCC1CCOC1. The number of ether oxygens (including phenoxy) is 2. The highest BCUT2D eigenvalue weighted by atomic mass is 16.6. The maximum absolute atomic E-state index is 12.0. The predicted molar refractivity (Wildman–Crippen MR) is 94.2 cm³/mol. The average molecular weight is 346 g/mol. The molecule has 3 rings (SSSR count). The lowest BCUT2D eigenvalue weighted by Crippen LogP contribution is -2.30. The third-order valence-corrected chi connectivity index (χ3v) is 4.47. The number of hydrogen-bond acceptors (Lipinski definition) is 5. The summed E-state index contributed by atoms with van der Waals surface area (Å²) in [6.45, 7) is 3.46. The summed E-state index contributed by atoms with van der Waals surface area (Å²) >= 11 is 0. The summed E-state index contributed by atoms with van der Waals surface area (Å²) in [6, 6.07) is 10.1. The molecule has 2 atom stereocenters. The van der Waals surface area contributed by atoms with Gasteiger partial charge in [0.2, 0.25) is 5.91 Å². The molecule has 136 valence electrons. The van der Waals surface area contributed by atoms with Gasteiger partial charge in [-0.1, -0.05) is 35.5 Å². The van der Waals surface area contributed by atoms with Crippen LogP contribution in [0.5, 0.6) is 0 Å². The van der Waals surface area contributed by atoms with Gasteiger partial charge < -0.3 is 19.6 Å². The molecule has 1 amide bonds. The van der Waals surface area contributed by atoms with Crippen LogP contribution in [0.25, 0.3) is 0 Å². The molecule has 0 radical (unpaired) electrons. The molecule has 2 aliphatic rings. The van der Waals surface area contributed by atoms with Gasteiger partial charge in [-0.05, 0) is 12.0 Å². The number of benzene rings is 1. The summed E-state index contributed by atoms with van der Waals surface area (Å²) < 4.78 is 11.0. The van der Waals surface area contributed by atoms with Crippen LogP contribution in [0.2, 0.25) is 0 Å². The standard InChI is InChI=1S/C19H26N2O4/c22-19(20-12-16-6-8-23-14-16)11-17-10-18(25-21-17)7-9-24-13-15-4-2-1-3-5-15/h1-5,16,18H,6-14H2,(H,20,22). The molecule has 1 saturated heterocycles. The van der Waals surface area contributed by atoms with E-state index in [-0.39, 0.29) is 12.0 Å². The van der Waals surface area contributed by atoms with Crippen molar-refractivity contribution < 1.29 is 19.1 Å². The van der Waals surface area contributed by atoms with Gasteiger partial charge in [0.25, 0.3) is 0 Å². The first-order chi connectivity index (χ1) is 12.3. The zero-order chi connectivity index (χ0) is 17.3. The average Bonchev–Trinajstić information content (AvgIpc) is 3.30. The minimum absolute atomic E-state index is 0.00947. The quantitative estimate of drug-likeness (QED) is 0.697. The number of amides is 1. The Balaban J connectivity index is 1.25. The third-order valence-electron chi connectivity index (χ3n) is 4.47. The van der Waals surface area contributed by atoms with Crippen LogP contribution in [0.1, 0.15) is 31.2 Å². The number of nitrogens with zero attached hydrogens (tertiary/aromatic N) is 1. The normalized spacial score (nSPS) is 22.5. The first-order valence-corrected chi connectivity index (χ1v) is 8.97. The number of rotatable bonds is 9. The van der Waals surface area contributed by atoms with E-state index in [9.17, 15) is 4.79 Å². The molecule has 1 aromatic rings. The van der Waals surface area contributed by atoms with Crippen molar-refractivity contribution in [2.24, 2.45) is 11.1 Å². The Morgan fingerprint density at radius 3 is 3.00 bits per heavy atom. The fourth-order valence-electron chi connectivity index (χ4n) is 2.97. The summed E-state index contributed by atoms with van der Waals surface area (Å²) in [7, 11) is 0. The third kappa shape index (κ3) is 6.14. The number of nitrogens with one attached hydrogen (secondary N) is 1. The molecule has 2 unspecified atom stereocenters. The van der Waals surface area contributed by atoms with E-state index in [1.54, 1.807) is 0 Å². The van der Waals surface area contributed by atoms with Crippen LogP contribution in [0.4, 0.5) is 0 Å². The van der Waals surface area contributed by atoms with Gasteiger partial charge in [0, 0.05) is 31.9 Å². The molecular weight excluding hydrogens is 320 g/mol. The van der Waals surface area contributed by atoms with Gasteiger partial charge in [-0.2, -0.15) is 0 Å². The molecule has 25 heavy (non-hydrogen) atoms. The molecule has 0 aliphatic carbocycles. The van der Waals surface area contributed by atoms with E-state index in [0.29, 0.717) is 38.5 Å². The molecule has 6 heteroatoms. The van der Waals surface area contributed by atoms with E-state index >= 15 is 0 Å². The lowest BCUT2D eigenvalue weighted by atomic mass is 10.1. The van der Waals surface area contributed by atoms with Crippen molar-refractivity contribution in [3.05, 3.63) is 35.9 Å². The van der Waals surface area contributed by atoms with Gasteiger partial charge in [0.05, 0.1) is 32.0 Å². The Labute approximate surface area is 148 Å². The Hall–Kier alpha value is -1.92. The van der Waals surface area contributed by atoms with Gasteiger partial charge in [0.15, 0.2) is 0 Å². The molecule has 0 spiro atoms. The van der Waals surface area contributed by atoms with Crippen molar-refractivity contribution in [1.29, 1.82) is 0 Å². The molecule has 1 aromatic carbocycles. The second-order valence-electron chi connectivity index (χ2n) is 6.63. The van der Waals surface area contributed by atoms with Crippen LogP contribution < -0.4 is 5.32 Å². The summed E-state index contributed by atoms with van der Waals surface area (Å²) in [5.41, 5.74) is 1.98. The molecular formula is C19H26N2O4. The Bertz CT molecular complexity index is 570. The van der Waals surface area contributed by atoms with E-state index in [4.69, 9.17) is 14.3 Å². The summed E-state index contributed by atoms with van der Waals surface area (Å²) in [5, 5.41) is 7.01. The van der Waals surface area contributed by atoms with Crippen LogP contribution >= 0.6 is 0 Å². The van der Waals surface area contributed by atoms with Crippen molar-refractivity contribution in [2.75, 3.05) is 26.4 Å². The summed E-state index contributed by atoms with van der Waals surface area (Å²) in [4.78, 5) is 17.4. The van der Waals surface area contributed by atoms with E-state index in [2.05, 4.69) is 10.5 Å². The van der Waals surface area contributed by atoms with Crippen LogP contribution in [-0.2, 0) is 25.7 Å². The largest absolute Gasteiger partial charge is 0.392 e. The Kier molecular flexibility index (Phi) is 6.82. The second-order valence-corrected chi connectivity index (χ2v) is 6.63. The van der Waals surface area contributed by atoms with E-state index < -0.39 is 0 Å². The Morgan fingerprint density at radius 1 is 1.32 bits per heavy atom. The molecule has 0 saturated carbocycles. The topological polar surface area (TPSA) is 69.2 Å². The molecule has 0 bridgehead atoms. The Morgan fingerprint density at radius 2 is 2.20 bits per heavy atom. The molecule has 1 N–H and O–H groups in total. The van der Waals surface area contributed by atoms with Crippen LogP contribution in [0, 0.1) is 5.92 Å². The maximum atomic E-state index is 12.0. The lowest BCUT2D eigenvalue weighted by molar-refractivity contribution is -0.120. The van der Waals surface area contributed by atoms with Gasteiger partial charge in [-0.3, -0.25) is 4.79 Å².